The van der Waals surface area contributed by atoms with Crippen LogP contribution in [0.25, 0.3) is 0 Å². The lowest BCUT2D eigenvalue weighted by molar-refractivity contribution is -0.117. The number of carbonyl (C=O) groups is 1. The maximum Gasteiger partial charge on any atom is 0.241 e. The molecule has 4 N–H and O–H groups in total. The van der Waals surface area contributed by atoms with E-state index in [-0.39, 0.29) is 11.4 Å². The first-order valence-corrected chi connectivity index (χ1v) is 6.57. The van der Waals surface area contributed by atoms with Crippen LogP contribution in [0.5, 0.6) is 5.75 Å². The molecule has 0 heterocycles. The molecule has 0 aliphatic heterocycles. The fourth-order valence-electron chi connectivity index (χ4n) is 1.98. The van der Waals surface area contributed by atoms with E-state index in [0.29, 0.717) is 12.0 Å². The van der Waals surface area contributed by atoms with Crippen molar-refractivity contribution in [2.75, 3.05) is 5.32 Å². The molecule has 0 saturated carbocycles. The summed E-state index contributed by atoms with van der Waals surface area (Å²) >= 11 is 0. The fourth-order valence-corrected chi connectivity index (χ4v) is 1.98. The van der Waals surface area contributed by atoms with Crippen LogP contribution in [-0.2, 0) is 11.2 Å². The van der Waals surface area contributed by atoms with Gasteiger partial charge in [0.15, 0.2) is 0 Å². The second-order valence-electron chi connectivity index (χ2n) is 4.90. The average Bonchev–Trinajstić information content (AvgIpc) is 2.45. The van der Waals surface area contributed by atoms with Crippen LogP contribution in [0.3, 0.4) is 0 Å². The van der Waals surface area contributed by atoms with Gasteiger partial charge in [0.1, 0.15) is 11.6 Å². The second-order valence-corrected chi connectivity index (χ2v) is 4.90. The monoisotopic (exact) mass is 288 g/mol. The smallest absolute Gasteiger partial charge is 0.241 e. The van der Waals surface area contributed by atoms with Crippen LogP contribution in [0.2, 0.25) is 0 Å². The van der Waals surface area contributed by atoms with Crippen molar-refractivity contribution in [2.45, 2.75) is 19.4 Å². The highest BCUT2D eigenvalue weighted by atomic mass is 19.1. The average molecular weight is 288 g/mol. The summed E-state index contributed by atoms with van der Waals surface area (Å²) in [6.07, 6.45) is 0.305. The molecule has 2 rings (SSSR count). The highest BCUT2D eigenvalue weighted by Gasteiger charge is 2.17. The van der Waals surface area contributed by atoms with E-state index in [1.54, 1.807) is 31.2 Å². The number of anilines is 1. The molecule has 1 unspecified atom stereocenters. The van der Waals surface area contributed by atoms with Crippen LogP contribution in [-0.4, -0.2) is 17.1 Å². The van der Waals surface area contributed by atoms with Crippen molar-refractivity contribution in [3.8, 4) is 5.75 Å². The van der Waals surface area contributed by atoms with Gasteiger partial charge in [-0.3, -0.25) is 4.79 Å². The van der Waals surface area contributed by atoms with Gasteiger partial charge in [-0.05, 0) is 42.7 Å². The standard InChI is InChI=1S/C16H17FN2O2/c1-10-3-2-4-13(17)15(10)19-16(21)14(18)9-11-5-7-12(20)8-6-11/h2-8,14,20H,9,18H2,1H3,(H,19,21). The molecular weight excluding hydrogens is 271 g/mol. The minimum absolute atomic E-state index is 0.152. The highest BCUT2D eigenvalue weighted by Crippen LogP contribution is 2.19. The zero-order valence-electron chi connectivity index (χ0n) is 11.6. The molecule has 0 saturated heterocycles. The Hall–Kier alpha value is -2.40. The number of hydrogen-bond acceptors (Lipinski definition) is 3. The maximum atomic E-state index is 13.7. The van der Waals surface area contributed by atoms with Crippen LogP contribution >= 0.6 is 0 Å². The Balaban J connectivity index is 2.04. The maximum absolute atomic E-state index is 13.7. The predicted octanol–water partition coefficient (Wildman–Crippen LogP) is 2.35. The zero-order valence-corrected chi connectivity index (χ0v) is 11.6. The third-order valence-corrected chi connectivity index (χ3v) is 3.20. The molecule has 0 radical (unpaired) electrons. The van der Waals surface area contributed by atoms with E-state index in [9.17, 15) is 14.3 Å². The number of phenols is 1. The quantitative estimate of drug-likeness (QED) is 0.808. The van der Waals surface area contributed by atoms with E-state index in [1.165, 1.54) is 18.2 Å². The molecule has 5 heteroatoms. The van der Waals surface area contributed by atoms with Gasteiger partial charge in [-0.25, -0.2) is 4.39 Å². The summed E-state index contributed by atoms with van der Waals surface area (Å²) in [5.74, 6) is -0.782. The first-order valence-electron chi connectivity index (χ1n) is 6.57. The molecule has 21 heavy (non-hydrogen) atoms. The molecule has 2 aromatic carbocycles. The van der Waals surface area contributed by atoms with Crippen molar-refractivity contribution in [3.05, 3.63) is 59.4 Å². The first kappa shape index (κ1) is 15.0. The molecule has 1 amide bonds. The summed E-state index contributed by atoms with van der Waals surface area (Å²) in [7, 11) is 0. The lowest BCUT2D eigenvalue weighted by atomic mass is 10.1. The van der Waals surface area contributed by atoms with E-state index < -0.39 is 17.8 Å². The van der Waals surface area contributed by atoms with Crippen LogP contribution in [0, 0.1) is 12.7 Å². The third kappa shape index (κ3) is 3.79. The van der Waals surface area contributed by atoms with Gasteiger partial charge in [-0.1, -0.05) is 24.3 Å². The number of rotatable bonds is 4. The Morgan fingerprint density at radius 1 is 1.29 bits per heavy atom. The summed E-state index contributed by atoms with van der Waals surface area (Å²) in [5.41, 5.74) is 7.45. The molecule has 0 aliphatic carbocycles. The number of phenolic OH excluding ortho intramolecular Hbond substituents is 1. The fraction of sp³-hybridized carbons (Fsp3) is 0.188. The van der Waals surface area contributed by atoms with Crippen LogP contribution in [0.4, 0.5) is 10.1 Å². The molecule has 2 aromatic rings. The number of aryl methyl sites for hydroxylation is 1. The molecule has 0 fully saturated rings. The summed E-state index contributed by atoms with van der Waals surface area (Å²) in [6.45, 7) is 1.71. The molecule has 1 atom stereocenters. The molecule has 0 aliphatic rings. The van der Waals surface area contributed by atoms with Crippen molar-refractivity contribution in [2.24, 2.45) is 5.73 Å². The van der Waals surface area contributed by atoms with E-state index in [2.05, 4.69) is 5.32 Å². The lowest BCUT2D eigenvalue weighted by Crippen LogP contribution is -2.37. The number of carbonyl (C=O) groups excluding carboxylic acids is 1. The van der Waals surface area contributed by atoms with Crippen molar-refractivity contribution in [1.29, 1.82) is 0 Å². The number of benzene rings is 2. The number of nitrogens with two attached hydrogens (primary N) is 1. The molecule has 0 spiro atoms. The Labute approximate surface area is 122 Å². The van der Waals surface area contributed by atoms with E-state index in [1.807, 2.05) is 0 Å². The molecule has 110 valence electrons. The minimum Gasteiger partial charge on any atom is -0.508 e. The van der Waals surface area contributed by atoms with Crippen molar-refractivity contribution >= 4 is 11.6 Å². The largest absolute Gasteiger partial charge is 0.508 e. The predicted molar refractivity (Wildman–Crippen MR) is 79.6 cm³/mol. The van der Waals surface area contributed by atoms with Crippen molar-refractivity contribution in [3.63, 3.8) is 0 Å². The van der Waals surface area contributed by atoms with Gasteiger partial charge in [0.2, 0.25) is 5.91 Å². The third-order valence-electron chi connectivity index (χ3n) is 3.20. The Morgan fingerprint density at radius 3 is 2.57 bits per heavy atom. The Bertz CT molecular complexity index is 621. The summed E-state index contributed by atoms with van der Waals surface area (Å²) < 4.78 is 13.7. The van der Waals surface area contributed by atoms with Gasteiger partial charge in [-0.2, -0.15) is 0 Å². The molecule has 0 bridgehead atoms. The molecular formula is C16H17FN2O2. The summed E-state index contributed by atoms with van der Waals surface area (Å²) in [5, 5.41) is 11.7. The van der Waals surface area contributed by atoms with Gasteiger partial charge in [0, 0.05) is 0 Å². The van der Waals surface area contributed by atoms with Gasteiger partial charge in [0.05, 0.1) is 11.7 Å². The lowest BCUT2D eigenvalue weighted by Gasteiger charge is -2.14. The molecule has 0 aromatic heterocycles. The van der Waals surface area contributed by atoms with E-state index in [0.717, 1.165) is 5.56 Å². The summed E-state index contributed by atoms with van der Waals surface area (Å²) in [6, 6.07) is 10.2. The zero-order chi connectivity index (χ0) is 15.4. The number of aromatic hydroxyl groups is 1. The first-order chi connectivity index (χ1) is 9.97. The minimum atomic E-state index is -0.798. The number of hydrogen-bond donors (Lipinski definition) is 3. The van der Waals surface area contributed by atoms with Crippen LogP contribution < -0.4 is 11.1 Å². The normalized spacial score (nSPS) is 12.0. The van der Waals surface area contributed by atoms with Gasteiger partial charge in [-0.15, -0.1) is 0 Å². The number of halogens is 1. The topological polar surface area (TPSA) is 75.4 Å². The van der Waals surface area contributed by atoms with Crippen LogP contribution in [0.15, 0.2) is 42.5 Å². The van der Waals surface area contributed by atoms with Gasteiger partial charge >= 0.3 is 0 Å². The number of para-hydroxylation sites is 1. The molecule has 4 nitrogen and oxygen atoms in total. The van der Waals surface area contributed by atoms with E-state index in [4.69, 9.17) is 5.73 Å². The SMILES string of the molecule is Cc1cccc(F)c1NC(=O)C(N)Cc1ccc(O)cc1. The van der Waals surface area contributed by atoms with Crippen molar-refractivity contribution in [1.82, 2.24) is 0 Å². The van der Waals surface area contributed by atoms with Crippen molar-refractivity contribution < 1.29 is 14.3 Å². The van der Waals surface area contributed by atoms with Crippen LogP contribution in [0.1, 0.15) is 11.1 Å². The Kier molecular flexibility index (Phi) is 4.55. The van der Waals surface area contributed by atoms with E-state index >= 15 is 0 Å². The highest BCUT2D eigenvalue weighted by molar-refractivity contribution is 5.95. The second kappa shape index (κ2) is 6.37. The Morgan fingerprint density at radius 2 is 1.95 bits per heavy atom. The summed E-state index contributed by atoms with van der Waals surface area (Å²) in [4.78, 5) is 12.0. The number of nitrogens with one attached hydrogen (secondary N) is 1. The number of amides is 1. The van der Waals surface area contributed by atoms with Gasteiger partial charge in [0.25, 0.3) is 0 Å². The van der Waals surface area contributed by atoms with Gasteiger partial charge < -0.3 is 16.2 Å².